The lowest BCUT2D eigenvalue weighted by atomic mass is 10.2. The number of ether oxygens (including phenoxy) is 1. The number of aliphatic imine (C=N–C) groups is 1. The van der Waals surface area contributed by atoms with Gasteiger partial charge in [0.25, 0.3) is 0 Å². The molecule has 33 heavy (non-hydrogen) atoms. The summed E-state index contributed by atoms with van der Waals surface area (Å²) in [5.74, 6) is 1.87. The number of hydrogen-bond acceptors (Lipinski definition) is 5. The molecule has 0 bridgehead atoms. The summed E-state index contributed by atoms with van der Waals surface area (Å²) in [5.41, 5.74) is 1.83. The van der Waals surface area contributed by atoms with Gasteiger partial charge in [0.15, 0.2) is 23.2 Å². The van der Waals surface area contributed by atoms with E-state index < -0.39 is 0 Å². The van der Waals surface area contributed by atoms with Crippen LogP contribution < -0.4 is 10.1 Å². The third-order valence-electron chi connectivity index (χ3n) is 5.75. The molecule has 2 aromatic heterocycles. The third-order valence-corrected chi connectivity index (χ3v) is 5.75. The Balaban J connectivity index is 0.00000306. The number of guanidine groups is 1. The van der Waals surface area contributed by atoms with Gasteiger partial charge in [-0.15, -0.1) is 34.2 Å². The fourth-order valence-electron chi connectivity index (χ4n) is 4.02. The quantitative estimate of drug-likeness (QED) is 0.205. The van der Waals surface area contributed by atoms with E-state index in [0.29, 0.717) is 0 Å². The van der Waals surface area contributed by atoms with Crippen LogP contribution in [0.4, 0.5) is 4.39 Å². The van der Waals surface area contributed by atoms with Crippen LogP contribution in [0.25, 0.3) is 5.65 Å². The largest absolute Gasteiger partial charge is 0.494 e. The first kappa shape index (κ1) is 25.2. The summed E-state index contributed by atoms with van der Waals surface area (Å²) in [6.45, 7) is 5.12. The molecule has 8 nitrogen and oxygen atoms in total. The van der Waals surface area contributed by atoms with Crippen LogP contribution in [0.2, 0.25) is 0 Å². The Hall–Kier alpha value is -2.47. The van der Waals surface area contributed by atoms with Gasteiger partial charge >= 0.3 is 0 Å². The van der Waals surface area contributed by atoms with Crippen LogP contribution in [-0.4, -0.2) is 77.2 Å². The molecule has 1 N–H and O–H groups in total. The number of methoxy groups -OCH3 is 1. The van der Waals surface area contributed by atoms with Gasteiger partial charge in [0, 0.05) is 58.9 Å². The van der Waals surface area contributed by atoms with Crippen LogP contribution in [-0.2, 0) is 13.0 Å². The van der Waals surface area contributed by atoms with Gasteiger partial charge in [-0.25, -0.2) is 4.39 Å². The Morgan fingerprint density at radius 1 is 1.15 bits per heavy atom. The SMILES string of the molecule is CN=C(NCCCc1nnc2ccccn12)N1CCN(Cc2ccc(OC)c(F)c2)CC1.I. The first-order chi connectivity index (χ1) is 15.7. The first-order valence-corrected chi connectivity index (χ1v) is 11.0. The number of piperazine rings is 1. The molecule has 4 rings (SSSR count). The fraction of sp³-hybridized carbons (Fsp3) is 0.435. The highest BCUT2D eigenvalue weighted by molar-refractivity contribution is 14.0. The summed E-state index contributed by atoms with van der Waals surface area (Å²) in [4.78, 5) is 9.06. The van der Waals surface area contributed by atoms with Crippen LogP contribution in [0.1, 0.15) is 17.8 Å². The molecule has 1 aromatic carbocycles. The maximum absolute atomic E-state index is 13.9. The second-order valence-corrected chi connectivity index (χ2v) is 7.85. The lowest BCUT2D eigenvalue weighted by molar-refractivity contribution is 0.172. The highest BCUT2D eigenvalue weighted by Crippen LogP contribution is 2.19. The molecule has 0 amide bonds. The van der Waals surface area contributed by atoms with E-state index in [-0.39, 0.29) is 35.5 Å². The van der Waals surface area contributed by atoms with Gasteiger partial charge in [0.2, 0.25) is 0 Å². The topological polar surface area (TPSA) is 70.3 Å². The highest BCUT2D eigenvalue weighted by Gasteiger charge is 2.20. The third kappa shape index (κ3) is 6.32. The number of nitrogens with zero attached hydrogens (tertiary/aromatic N) is 6. The number of rotatable bonds is 7. The van der Waals surface area contributed by atoms with E-state index in [4.69, 9.17) is 4.74 Å². The molecule has 1 saturated heterocycles. The number of benzene rings is 1. The van der Waals surface area contributed by atoms with Crippen LogP contribution >= 0.6 is 24.0 Å². The minimum absolute atomic E-state index is 0. The summed E-state index contributed by atoms with van der Waals surface area (Å²) in [6, 6.07) is 11.1. The second-order valence-electron chi connectivity index (χ2n) is 7.85. The molecule has 10 heteroatoms. The minimum Gasteiger partial charge on any atom is -0.494 e. The Labute approximate surface area is 210 Å². The zero-order chi connectivity index (χ0) is 22.3. The molecule has 3 heterocycles. The van der Waals surface area contributed by atoms with Crippen molar-refractivity contribution in [3.05, 3.63) is 59.8 Å². The van der Waals surface area contributed by atoms with E-state index in [9.17, 15) is 4.39 Å². The Bertz CT molecular complexity index is 1070. The van der Waals surface area contributed by atoms with E-state index in [1.54, 1.807) is 12.1 Å². The van der Waals surface area contributed by atoms with Gasteiger partial charge in [0.05, 0.1) is 7.11 Å². The molecule has 0 unspecified atom stereocenters. The minimum atomic E-state index is -0.313. The van der Waals surface area contributed by atoms with Gasteiger partial charge < -0.3 is 15.0 Å². The molecule has 1 aliphatic heterocycles. The second kappa shape index (κ2) is 12.1. The maximum Gasteiger partial charge on any atom is 0.193 e. The standard InChI is InChI=1S/C23H30FN7O.HI/c1-25-23(26-10-5-7-22-28-27-21-6-3-4-11-31(21)22)30-14-12-29(13-15-30)17-18-8-9-20(32-2)19(24)16-18;/h3-4,6,8-9,11,16H,5,7,10,12-15,17H2,1-2H3,(H,25,26);1H. The van der Waals surface area contributed by atoms with Gasteiger partial charge in [0.1, 0.15) is 5.82 Å². The summed E-state index contributed by atoms with van der Waals surface area (Å²) in [7, 11) is 3.30. The van der Waals surface area contributed by atoms with Crippen molar-refractivity contribution in [2.24, 2.45) is 4.99 Å². The molecule has 1 aliphatic rings. The van der Waals surface area contributed by atoms with E-state index in [1.807, 2.05) is 41.9 Å². The molecule has 0 radical (unpaired) electrons. The van der Waals surface area contributed by atoms with Gasteiger partial charge in [-0.1, -0.05) is 12.1 Å². The van der Waals surface area contributed by atoms with Crippen molar-refractivity contribution in [3.8, 4) is 5.75 Å². The van der Waals surface area contributed by atoms with Gasteiger partial charge in [-0.2, -0.15) is 0 Å². The number of nitrogens with one attached hydrogen (secondary N) is 1. The summed E-state index contributed by atoms with van der Waals surface area (Å²) in [6.07, 6.45) is 3.79. The predicted molar refractivity (Wildman–Crippen MR) is 138 cm³/mol. The van der Waals surface area contributed by atoms with E-state index in [0.717, 1.165) is 75.1 Å². The summed E-state index contributed by atoms with van der Waals surface area (Å²) < 4.78 is 21.0. The van der Waals surface area contributed by atoms with Crippen molar-refractivity contribution in [1.82, 2.24) is 29.7 Å². The number of halogens is 2. The van der Waals surface area contributed by atoms with Gasteiger partial charge in [-0.3, -0.25) is 14.3 Å². The van der Waals surface area contributed by atoms with Crippen molar-refractivity contribution in [2.45, 2.75) is 19.4 Å². The van der Waals surface area contributed by atoms with Crippen LogP contribution in [0, 0.1) is 5.82 Å². The Kier molecular flexibility index (Phi) is 9.24. The molecular weight excluding hydrogens is 536 g/mol. The number of aromatic nitrogens is 3. The molecule has 0 saturated carbocycles. The average Bonchev–Trinajstić information content (AvgIpc) is 3.23. The fourth-order valence-corrected chi connectivity index (χ4v) is 4.02. The lowest BCUT2D eigenvalue weighted by Gasteiger charge is -2.36. The van der Waals surface area contributed by atoms with Crippen molar-refractivity contribution < 1.29 is 9.13 Å². The number of fused-ring (bicyclic) bond motifs is 1. The van der Waals surface area contributed by atoms with Crippen molar-refractivity contribution in [1.29, 1.82) is 0 Å². The Morgan fingerprint density at radius 2 is 1.97 bits per heavy atom. The predicted octanol–water partition coefficient (Wildman–Crippen LogP) is 2.82. The molecule has 178 valence electrons. The van der Waals surface area contributed by atoms with E-state index in [2.05, 4.69) is 30.3 Å². The first-order valence-electron chi connectivity index (χ1n) is 11.0. The highest BCUT2D eigenvalue weighted by atomic mass is 127. The van der Waals surface area contributed by atoms with Crippen LogP contribution in [0.5, 0.6) is 5.75 Å². The monoisotopic (exact) mass is 567 g/mol. The zero-order valence-corrected chi connectivity index (χ0v) is 21.4. The smallest absolute Gasteiger partial charge is 0.193 e. The molecule has 0 aliphatic carbocycles. The number of hydrogen-bond donors (Lipinski definition) is 1. The zero-order valence-electron chi connectivity index (χ0n) is 19.1. The van der Waals surface area contributed by atoms with Crippen molar-refractivity contribution in [3.63, 3.8) is 0 Å². The summed E-state index contributed by atoms with van der Waals surface area (Å²) in [5, 5.41) is 12.0. The lowest BCUT2D eigenvalue weighted by Crippen LogP contribution is -2.52. The molecule has 0 spiro atoms. The van der Waals surface area contributed by atoms with Gasteiger partial charge in [-0.05, 0) is 36.2 Å². The molecular formula is C23H31FIN7O. The average molecular weight is 567 g/mol. The maximum atomic E-state index is 13.9. The molecule has 1 fully saturated rings. The van der Waals surface area contributed by atoms with E-state index in [1.165, 1.54) is 7.11 Å². The Morgan fingerprint density at radius 3 is 2.70 bits per heavy atom. The molecule has 3 aromatic rings. The number of pyridine rings is 1. The number of aryl methyl sites for hydroxylation is 1. The van der Waals surface area contributed by atoms with Crippen molar-refractivity contribution >= 4 is 35.6 Å². The normalized spacial score (nSPS) is 14.9. The summed E-state index contributed by atoms with van der Waals surface area (Å²) >= 11 is 0. The molecule has 0 atom stereocenters. The van der Waals surface area contributed by atoms with Crippen LogP contribution in [0.3, 0.4) is 0 Å². The van der Waals surface area contributed by atoms with Crippen LogP contribution in [0.15, 0.2) is 47.6 Å². The van der Waals surface area contributed by atoms with E-state index >= 15 is 0 Å². The van der Waals surface area contributed by atoms with Crippen molar-refractivity contribution in [2.75, 3.05) is 46.9 Å².